The molecule has 1 heterocycles. The quantitative estimate of drug-likeness (QED) is 0.592. The van der Waals surface area contributed by atoms with Crippen molar-refractivity contribution in [3.05, 3.63) is 0 Å². The number of aliphatic hydroxyl groups excluding tert-OH is 1. The maximum Gasteiger partial charge on any atom is 0.0667 e. The first-order valence-corrected chi connectivity index (χ1v) is 5.80. The van der Waals surface area contributed by atoms with E-state index in [0.29, 0.717) is 12.0 Å². The smallest absolute Gasteiger partial charge is 0.0667 e. The minimum absolute atomic E-state index is 0.184. The predicted octanol–water partition coefficient (Wildman–Crippen LogP) is 0.735. The monoisotopic (exact) mass is 200 g/mol. The molecule has 3 heteroatoms. The molecule has 2 atom stereocenters. The van der Waals surface area contributed by atoms with E-state index in [-0.39, 0.29) is 6.10 Å². The van der Waals surface area contributed by atoms with Gasteiger partial charge in [0.2, 0.25) is 0 Å². The van der Waals surface area contributed by atoms with Crippen molar-refractivity contribution >= 4 is 0 Å². The minimum atomic E-state index is -0.184. The summed E-state index contributed by atoms with van der Waals surface area (Å²) < 4.78 is 0. The van der Waals surface area contributed by atoms with E-state index in [1.807, 2.05) is 0 Å². The number of hydrogen-bond acceptors (Lipinski definition) is 3. The zero-order valence-corrected chi connectivity index (χ0v) is 9.42. The van der Waals surface area contributed by atoms with Crippen LogP contribution in [0.15, 0.2) is 0 Å². The van der Waals surface area contributed by atoms with Crippen molar-refractivity contribution in [2.45, 2.75) is 45.3 Å². The van der Waals surface area contributed by atoms with E-state index in [9.17, 15) is 5.11 Å². The molecule has 0 spiro atoms. The highest BCUT2D eigenvalue weighted by Crippen LogP contribution is 2.05. The molecule has 1 rings (SSSR count). The third kappa shape index (κ3) is 4.94. The van der Waals surface area contributed by atoms with Gasteiger partial charge in [0, 0.05) is 19.1 Å². The highest BCUT2D eigenvalue weighted by atomic mass is 16.3. The van der Waals surface area contributed by atoms with E-state index in [1.165, 1.54) is 12.8 Å². The minimum Gasteiger partial charge on any atom is -0.392 e. The second-order valence-corrected chi connectivity index (χ2v) is 4.73. The summed E-state index contributed by atoms with van der Waals surface area (Å²) in [7, 11) is 0. The standard InChI is InChI=1S/C11H24N2O/c1-9(2)6-11(14)8-12-7-10-4-3-5-13-10/h9-14H,3-8H2,1-2H3. The van der Waals surface area contributed by atoms with Gasteiger partial charge < -0.3 is 15.7 Å². The molecule has 0 bridgehead atoms. The highest BCUT2D eigenvalue weighted by Gasteiger charge is 2.13. The lowest BCUT2D eigenvalue weighted by atomic mass is 10.1. The number of rotatable bonds is 6. The molecule has 0 aromatic rings. The van der Waals surface area contributed by atoms with Crippen LogP contribution in [-0.4, -0.2) is 36.9 Å². The Balaban J connectivity index is 1.96. The molecular weight excluding hydrogens is 176 g/mol. The zero-order chi connectivity index (χ0) is 10.4. The van der Waals surface area contributed by atoms with Crippen LogP contribution in [0.4, 0.5) is 0 Å². The van der Waals surface area contributed by atoms with E-state index < -0.39 is 0 Å². The van der Waals surface area contributed by atoms with E-state index >= 15 is 0 Å². The summed E-state index contributed by atoms with van der Waals surface area (Å²) in [5, 5.41) is 16.4. The lowest BCUT2D eigenvalue weighted by Crippen LogP contribution is -2.37. The van der Waals surface area contributed by atoms with Crippen LogP contribution in [0.25, 0.3) is 0 Å². The molecule has 0 saturated carbocycles. The lowest BCUT2D eigenvalue weighted by molar-refractivity contribution is 0.146. The van der Waals surface area contributed by atoms with Crippen LogP contribution in [0, 0.1) is 5.92 Å². The fourth-order valence-electron chi connectivity index (χ4n) is 1.98. The molecule has 0 aliphatic carbocycles. The predicted molar refractivity (Wildman–Crippen MR) is 59.4 cm³/mol. The van der Waals surface area contributed by atoms with Gasteiger partial charge in [-0.2, -0.15) is 0 Å². The van der Waals surface area contributed by atoms with Crippen LogP contribution in [-0.2, 0) is 0 Å². The fourth-order valence-corrected chi connectivity index (χ4v) is 1.98. The number of hydrogen-bond donors (Lipinski definition) is 3. The first kappa shape index (κ1) is 12.0. The van der Waals surface area contributed by atoms with Gasteiger partial charge in [-0.1, -0.05) is 13.8 Å². The first-order chi connectivity index (χ1) is 6.68. The summed E-state index contributed by atoms with van der Waals surface area (Å²) >= 11 is 0. The molecule has 84 valence electrons. The van der Waals surface area contributed by atoms with Gasteiger partial charge in [-0.15, -0.1) is 0 Å². The summed E-state index contributed by atoms with van der Waals surface area (Å²) in [6, 6.07) is 0.626. The van der Waals surface area contributed by atoms with Crippen LogP contribution in [0.2, 0.25) is 0 Å². The lowest BCUT2D eigenvalue weighted by Gasteiger charge is -2.16. The number of nitrogens with one attached hydrogen (secondary N) is 2. The molecule has 1 aliphatic heterocycles. The Labute approximate surface area is 87.3 Å². The molecule has 0 radical (unpaired) electrons. The van der Waals surface area contributed by atoms with E-state index in [0.717, 1.165) is 26.1 Å². The molecule has 2 unspecified atom stereocenters. The average Bonchev–Trinajstić information content (AvgIpc) is 2.55. The molecule has 1 saturated heterocycles. The van der Waals surface area contributed by atoms with Gasteiger partial charge >= 0.3 is 0 Å². The maximum absolute atomic E-state index is 9.61. The second-order valence-electron chi connectivity index (χ2n) is 4.73. The Kier molecular flexibility index (Phi) is 5.45. The van der Waals surface area contributed by atoms with Crippen molar-refractivity contribution in [1.82, 2.24) is 10.6 Å². The van der Waals surface area contributed by atoms with E-state index in [1.54, 1.807) is 0 Å². The normalized spacial score (nSPS) is 24.4. The summed E-state index contributed by atoms with van der Waals surface area (Å²) in [5.74, 6) is 0.580. The van der Waals surface area contributed by atoms with Gasteiger partial charge in [0.1, 0.15) is 0 Å². The molecule has 0 aromatic heterocycles. The topological polar surface area (TPSA) is 44.3 Å². The van der Waals surface area contributed by atoms with Crippen molar-refractivity contribution < 1.29 is 5.11 Å². The maximum atomic E-state index is 9.61. The first-order valence-electron chi connectivity index (χ1n) is 5.80. The largest absolute Gasteiger partial charge is 0.392 e. The van der Waals surface area contributed by atoms with Crippen molar-refractivity contribution in [3.8, 4) is 0 Å². The van der Waals surface area contributed by atoms with Gasteiger partial charge in [0.25, 0.3) is 0 Å². The van der Waals surface area contributed by atoms with Crippen molar-refractivity contribution in [1.29, 1.82) is 0 Å². The van der Waals surface area contributed by atoms with Gasteiger partial charge in [-0.25, -0.2) is 0 Å². The Hall–Kier alpha value is -0.120. The molecule has 3 N–H and O–H groups in total. The molecule has 0 amide bonds. The van der Waals surface area contributed by atoms with Crippen LogP contribution >= 0.6 is 0 Å². The average molecular weight is 200 g/mol. The van der Waals surface area contributed by atoms with E-state index in [2.05, 4.69) is 24.5 Å². The molecule has 1 aliphatic rings. The van der Waals surface area contributed by atoms with Gasteiger partial charge in [0.15, 0.2) is 0 Å². The van der Waals surface area contributed by atoms with Crippen LogP contribution in [0.1, 0.15) is 33.1 Å². The summed E-state index contributed by atoms with van der Waals surface area (Å²) in [5.41, 5.74) is 0. The molecule has 14 heavy (non-hydrogen) atoms. The zero-order valence-electron chi connectivity index (χ0n) is 9.42. The van der Waals surface area contributed by atoms with E-state index in [4.69, 9.17) is 0 Å². The van der Waals surface area contributed by atoms with Crippen LogP contribution in [0.3, 0.4) is 0 Å². The third-order valence-corrected chi connectivity index (χ3v) is 2.68. The third-order valence-electron chi connectivity index (χ3n) is 2.68. The Morgan fingerprint density at radius 1 is 1.50 bits per heavy atom. The fraction of sp³-hybridized carbons (Fsp3) is 1.00. The van der Waals surface area contributed by atoms with Gasteiger partial charge in [-0.3, -0.25) is 0 Å². The molecule has 0 aromatic carbocycles. The van der Waals surface area contributed by atoms with Gasteiger partial charge in [-0.05, 0) is 31.7 Å². The molecule has 1 fully saturated rings. The Morgan fingerprint density at radius 2 is 2.29 bits per heavy atom. The van der Waals surface area contributed by atoms with Crippen molar-refractivity contribution in [3.63, 3.8) is 0 Å². The Morgan fingerprint density at radius 3 is 2.86 bits per heavy atom. The number of aliphatic hydroxyl groups is 1. The summed E-state index contributed by atoms with van der Waals surface area (Å²) in [6.07, 6.45) is 3.27. The molecular formula is C11H24N2O. The van der Waals surface area contributed by atoms with Crippen molar-refractivity contribution in [2.75, 3.05) is 19.6 Å². The molecule has 3 nitrogen and oxygen atoms in total. The highest BCUT2D eigenvalue weighted by molar-refractivity contribution is 4.76. The SMILES string of the molecule is CC(C)CC(O)CNCC1CCCN1. The summed E-state index contributed by atoms with van der Waals surface area (Å²) in [4.78, 5) is 0. The summed E-state index contributed by atoms with van der Waals surface area (Å²) in [6.45, 7) is 7.16. The second kappa shape index (κ2) is 6.38. The van der Waals surface area contributed by atoms with Crippen molar-refractivity contribution in [2.24, 2.45) is 5.92 Å². The van der Waals surface area contributed by atoms with Gasteiger partial charge in [0.05, 0.1) is 6.10 Å². The Bertz CT molecular complexity index is 144. The van der Waals surface area contributed by atoms with Crippen LogP contribution < -0.4 is 10.6 Å². The van der Waals surface area contributed by atoms with Crippen LogP contribution in [0.5, 0.6) is 0 Å².